The predicted octanol–water partition coefficient (Wildman–Crippen LogP) is 4.84. The second-order valence-corrected chi connectivity index (χ2v) is 14.9. The van der Waals surface area contributed by atoms with Crippen molar-refractivity contribution in [3.8, 4) is 0 Å². The third-order valence-electron chi connectivity index (χ3n) is 13.5. The molecule has 6 aliphatic rings. The van der Waals surface area contributed by atoms with Gasteiger partial charge in [0.05, 0.1) is 18.1 Å². The molecule has 6 rings (SSSR count). The molecule has 0 amide bonds. The van der Waals surface area contributed by atoms with E-state index in [9.17, 15) is 19.8 Å². The SMILES string of the molecule is C[C@@]12C[C@@H](OC1=O)[C@]1(C)CC[C@]3(C)C(=CC(=O)[C@@H]4[C@@]5(C)CC[C@H](O)[C@](C)(CO)[C@@H]5CC[C@]43C)[C@@H]1C2. The van der Waals surface area contributed by atoms with Gasteiger partial charge in [0.25, 0.3) is 0 Å². The summed E-state index contributed by atoms with van der Waals surface area (Å²) in [5.74, 6) is 0.388. The van der Waals surface area contributed by atoms with E-state index < -0.39 is 16.9 Å². The Kier molecular flexibility index (Phi) is 4.70. The van der Waals surface area contributed by atoms with Crippen molar-refractivity contribution in [1.29, 1.82) is 0 Å². The minimum absolute atomic E-state index is 0.0428. The van der Waals surface area contributed by atoms with E-state index in [2.05, 4.69) is 34.6 Å². The summed E-state index contributed by atoms with van der Waals surface area (Å²) >= 11 is 0. The summed E-state index contributed by atoms with van der Waals surface area (Å²) < 4.78 is 5.97. The van der Waals surface area contributed by atoms with Gasteiger partial charge in [0.2, 0.25) is 0 Å². The van der Waals surface area contributed by atoms with E-state index in [0.29, 0.717) is 6.42 Å². The number of ketones is 1. The zero-order chi connectivity index (χ0) is 25.4. The Morgan fingerprint density at radius 3 is 2.34 bits per heavy atom. The normalized spacial score (nSPS) is 59.0. The number of aliphatic hydroxyl groups is 2. The van der Waals surface area contributed by atoms with Crippen molar-refractivity contribution < 1.29 is 24.5 Å². The molecule has 5 heteroatoms. The summed E-state index contributed by atoms with van der Waals surface area (Å²) in [5, 5.41) is 21.3. The monoisotopic (exact) mass is 484 g/mol. The molecule has 5 aliphatic carbocycles. The summed E-state index contributed by atoms with van der Waals surface area (Å²) in [5.41, 5.74) is -0.366. The van der Waals surface area contributed by atoms with Crippen LogP contribution >= 0.6 is 0 Å². The van der Waals surface area contributed by atoms with Crippen LogP contribution in [0.4, 0.5) is 0 Å². The van der Waals surface area contributed by atoms with E-state index in [1.54, 1.807) is 0 Å². The Morgan fingerprint density at radius 2 is 1.66 bits per heavy atom. The van der Waals surface area contributed by atoms with Crippen LogP contribution in [0.2, 0.25) is 0 Å². The van der Waals surface area contributed by atoms with E-state index in [0.717, 1.165) is 44.9 Å². The number of allylic oxidation sites excluding steroid dienone is 2. The maximum atomic E-state index is 14.3. The van der Waals surface area contributed by atoms with Crippen molar-refractivity contribution in [3.05, 3.63) is 11.6 Å². The number of esters is 1. The van der Waals surface area contributed by atoms with E-state index in [1.165, 1.54) is 5.57 Å². The first-order chi connectivity index (χ1) is 16.2. The average Bonchev–Trinajstić information content (AvgIpc) is 3.06. The van der Waals surface area contributed by atoms with Crippen LogP contribution in [0, 0.1) is 50.2 Å². The minimum Gasteiger partial charge on any atom is -0.461 e. The number of rotatable bonds is 1. The van der Waals surface area contributed by atoms with Gasteiger partial charge in [-0.25, -0.2) is 0 Å². The van der Waals surface area contributed by atoms with Crippen LogP contribution in [0.3, 0.4) is 0 Å². The average molecular weight is 485 g/mol. The standard InChI is InChI=1S/C30H44O5/c1-25-14-18-17-13-19(32)23-27(3)9-8-21(33)28(4,16-31)20(27)7-10-30(23,6)29(17,5)12-11-26(18,2)22(15-25)35-24(25)34/h13,18,20-23,31,33H,7-12,14-16H2,1-6H3/t18-,20+,21-,22+,23+,25+,26+,27-,28+,29+,30+/m0/s1. The molecule has 11 atom stereocenters. The molecule has 0 aromatic heterocycles. The predicted molar refractivity (Wildman–Crippen MR) is 132 cm³/mol. The van der Waals surface area contributed by atoms with Crippen molar-refractivity contribution in [2.24, 2.45) is 50.2 Å². The van der Waals surface area contributed by atoms with Crippen molar-refractivity contribution in [2.45, 2.75) is 105 Å². The molecule has 1 saturated heterocycles. The van der Waals surface area contributed by atoms with Crippen LogP contribution in [-0.2, 0) is 14.3 Å². The molecule has 2 bridgehead atoms. The molecule has 4 saturated carbocycles. The number of carbonyl (C=O) groups is 2. The molecule has 0 spiro atoms. The van der Waals surface area contributed by atoms with Gasteiger partial charge < -0.3 is 14.9 Å². The van der Waals surface area contributed by atoms with E-state index in [4.69, 9.17) is 4.74 Å². The fourth-order valence-corrected chi connectivity index (χ4v) is 10.9. The van der Waals surface area contributed by atoms with Crippen molar-refractivity contribution >= 4 is 11.8 Å². The second-order valence-electron chi connectivity index (χ2n) is 14.9. The summed E-state index contributed by atoms with van der Waals surface area (Å²) in [6.45, 7) is 13.4. The molecule has 2 N–H and O–H groups in total. The second kappa shape index (κ2) is 6.81. The van der Waals surface area contributed by atoms with Crippen LogP contribution in [0.1, 0.15) is 92.9 Å². The lowest BCUT2D eigenvalue weighted by atomic mass is 9.33. The van der Waals surface area contributed by atoms with Crippen LogP contribution in [0.25, 0.3) is 0 Å². The number of carbonyl (C=O) groups excluding carboxylic acids is 2. The summed E-state index contributed by atoms with van der Waals surface area (Å²) in [7, 11) is 0. The maximum Gasteiger partial charge on any atom is 0.312 e. The van der Waals surface area contributed by atoms with Gasteiger partial charge in [-0.1, -0.05) is 40.2 Å². The van der Waals surface area contributed by atoms with Crippen LogP contribution in [-0.4, -0.2) is 40.8 Å². The zero-order valence-electron chi connectivity index (χ0n) is 22.4. The van der Waals surface area contributed by atoms with Crippen LogP contribution < -0.4 is 0 Å². The van der Waals surface area contributed by atoms with Gasteiger partial charge in [-0.05, 0) is 86.0 Å². The van der Waals surface area contributed by atoms with Gasteiger partial charge in [0, 0.05) is 23.2 Å². The first-order valence-corrected chi connectivity index (χ1v) is 14.0. The highest BCUT2D eigenvalue weighted by Crippen LogP contribution is 2.75. The molecule has 5 nitrogen and oxygen atoms in total. The molecule has 1 aliphatic heterocycles. The first-order valence-electron chi connectivity index (χ1n) is 14.0. The van der Waals surface area contributed by atoms with E-state index >= 15 is 0 Å². The zero-order valence-corrected chi connectivity index (χ0v) is 22.4. The Hall–Kier alpha value is -1.20. The topological polar surface area (TPSA) is 83.8 Å². The number of fused-ring (bicyclic) bond motifs is 10. The molecular formula is C30H44O5. The number of hydrogen-bond acceptors (Lipinski definition) is 5. The fraction of sp³-hybridized carbons (Fsp3) is 0.867. The summed E-state index contributed by atoms with van der Waals surface area (Å²) in [4.78, 5) is 27.1. The molecule has 0 aromatic rings. The van der Waals surface area contributed by atoms with Gasteiger partial charge >= 0.3 is 5.97 Å². The lowest BCUT2D eigenvalue weighted by Crippen LogP contribution is -2.67. The Balaban J connectivity index is 1.47. The maximum absolute atomic E-state index is 14.3. The molecular weight excluding hydrogens is 440 g/mol. The van der Waals surface area contributed by atoms with Gasteiger partial charge in [-0.15, -0.1) is 0 Å². The first kappa shape index (κ1) is 24.2. The largest absolute Gasteiger partial charge is 0.461 e. The highest BCUT2D eigenvalue weighted by atomic mass is 16.6. The number of ether oxygens (including phenoxy) is 1. The number of aliphatic hydroxyl groups excluding tert-OH is 2. The number of hydrogen-bond donors (Lipinski definition) is 2. The molecule has 194 valence electrons. The minimum atomic E-state index is -0.570. The lowest BCUT2D eigenvalue weighted by molar-refractivity contribution is -0.213. The summed E-state index contributed by atoms with van der Waals surface area (Å²) in [6, 6.07) is 0. The molecule has 35 heavy (non-hydrogen) atoms. The third-order valence-corrected chi connectivity index (χ3v) is 13.5. The van der Waals surface area contributed by atoms with Gasteiger partial charge in [0.15, 0.2) is 5.78 Å². The highest BCUT2D eigenvalue weighted by Gasteiger charge is 2.72. The van der Waals surface area contributed by atoms with Crippen LogP contribution in [0.15, 0.2) is 11.6 Å². The Labute approximate surface area is 210 Å². The van der Waals surface area contributed by atoms with E-state index in [1.807, 2.05) is 13.0 Å². The van der Waals surface area contributed by atoms with Crippen LogP contribution in [0.5, 0.6) is 0 Å². The Morgan fingerprint density at radius 1 is 0.943 bits per heavy atom. The highest BCUT2D eigenvalue weighted by molar-refractivity contribution is 5.95. The quantitative estimate of drug-likeness (QED) is 0.521. The molecule has 0 unspecified atom stereocenters. The fourth-order valence-electron chi connectivity index (χ4n) is 10.9. The van der Waals surface area contributed by atoms with Gasteiger partial charge in [-0.3, -0.25) is 9.59 Å². The third kappa shape index (κ3) is 2.58. The molecule has 0 aromatic carbocycles. The van der Waals surface area contributed by atoms with E-state index in [-0.39, 0.29) is 63.9 Å². The van der Waals surface area contributed by atoms with Gasteiger partial charge in [0.1, 0.15) is 6.10 Å². The lowest BCUT2D eigenvalue weighted by Gasteiger charge is -2.70. The van der Waals surface area contributed by atoms with Crippen molar-refractivity contribution in [2.75, 3.05) is 6.61 Å². The van der Waals surface area contributed by atoms with Crippen molar-refractivity contribution in [3.63, 3.8) is 0 Å². The van der Waals surface area contributed by atoms with Crippen molar-refractivity contribution in [1.82, 2.24) is 0 Å². The molecule has 0 radical (unpaired) electrons. The smallest absolute Gasteiger partial charge is 0.312 e. The molecule has 1 heterocycles. The Bertz CT molecular complexity index is 1030. The summed E-state index contributed by atoms with van der Waals surface area (Å²) in [6.07, 6.45) is 8.37. The molecule has 5 fully saturated rings. The van der Waals surface area contributed by atoms with Gasteiger partial charge in [-0.2, -0.15) is 0 Å².